The summed E-state index contributed by atoms with van der Waals surface area (Å²) in [6, 6.07) is 11.5. The zero-order valence-corrected chi connectivity index (χ0v) is 21.5. The minimum Gasteiger partial charge on any atom is -0.353 e. The summed E-state index contributed by atoms with van der Waals surface area (Å²) in [7, 11) is 1.89. The smallest absolute Gasteiger partial charge is 0.257 e. The van der Waals surface area contributed by atoms with Crippen molar-refractivity contribution in [2.24, 2.45) is 12.8 Å². The van der Waals surface area contributed by atoms with E-state index in [1.54, 1.807) is 29.2 Å². The standard InChI is InChI=1S/C28H32N8O2/c1-34-19-24(18-32-34)20-5-6-22-17-31-25(15-23(22)14-20)33-28(38)21-7-9-30-26(16-21)35-10-12-36(13-11-35)27(37)4-2-3-8-29/h5-7,9,14-19H,2-4,8,10-13,29H2,1H3,(H,31,33,38). The quantitative estimate of drug-likeness (QED) is 0.348. The number of benzene rings is 1. The van der Waals surface area contributed by atoms with Crippen molar-refractivity contribution in [2.45, 2.75) is 19.3 Å². The van der Waals surface area contributed by atoms with Crippen LogP contribution < -0.4 is 16.0 Å². The molecule has 0 radical (unpaired) electrons. The van der Waals surface area contributed by atoms with Crippen LogP contribution in [-0.4, -0.2) is 69.2 Å². The summed E-state index contributed by atoms with van der Waals surface area (Å²) >= 11 is 0. The number of carbonyl (C=O) groups is 2. The molecule has 3 N–H and O–H groups in total. The number of amides is 2. The maximum atomic E-state index is 13.1. The van der Waals surface area contributed by atoms with Gasteiger partial charge in [0.05, 0.1) is 6.20 Å². The SMILES string of the molecule is Cn1cc(-c2ccc3cnc(NC(=O)c4ccnc(N5CCN(C(=O)CCCCN)CC5)c4)cc3c2)cn1. The van der Waals surface area contributed by atoms with Crippen LogP contribution in [0.4, 0.5) is 11.6 Å². The molecule has 0 saturated carbocycles. The Morgan fingerprint density at radius 2 is 1.79 bits per heavy atom. The van der Waals surface area contributed by atoms with E-state index in [2.05, 4.69) is 31.3 Å². The first kappa shape index (κ1) is 25.3. The largest absolute Gasteiger partial charge is 0.353 e. The van der Waals surface area contributed by atoms with Crippen molar-refractivity contribution in [3.8, 4) is 11.1 Å². The van der Waals surface area contributed by atoms with Gasteiger partial charge < -0.3 is 20.9 Å². The summed E-state index contributed by atoms with van der Waals surface area (Å²) in [5.74, 6) is 1.12. The Labute approximate surface area is 221 Å². The number of aryl methyl sites for hydroxylation is 1. The summed E-state index contributed by atoms with van der Waals surface area (Å²) in [4.78, 5) is 38.4. The fraction of sp³-hybridized carbons (Fsp3) is 0.321. The Kier molecular flexibility index (Phi) is 7.60. The molecule has 0 spiro atoms. The van der Waals surface area contributed by atoms with Crippen LogP contribution in [0.2, 0.25) is 0 Å². The predicted molar refractivity (Wildman–Crippen MR) is 148 cm³/mol. The third kappa shape index (κ3) is 5.81. The molecule has 1 fully saturated rings. The van der Waals surface area contributed by atoms with Crippen LogP contribution in [0, 0.1) is 0 Å². The van der Waals surface area contributed by atoms with E-state index < -0.39 is 0 Å². The van der Waals surface area contributed by atoms with Gasteiger partial charge >= 0.3 is 0 Å². The first-order valence-electron chi connectivity index (χ1n) is 12.9. The van der Waals surface area contributed by atoms with E-state index in [-0.39, 0.29) is 11.8 Å². The van der Waals surface area contributed by atoms with Crippen LogP contribution in [0.5, 0.6) is 0 Å². The summed E-state index contributed by atoms with van der Waals surface area (Å²) in [5, 5.41) is 9.12. The van der Waals surface area contributed by atoms with Gasteiger partial charge in [0.15, 0.2) is 0 Å². The molecule has 0 unspecified atom stereocenters. The molecule has 0 atom stereocenters. The molecule has 0 aliphatic carbocycles. The van der Waals surface area contributed by atoms with E-state index in [9.17, 15) is 9.59 Å². The molecule has 38 heavy (non-hydrogen) atoms. The lowest BCUT2D eigenvalue weighted by Gasteiger charge is -2.35. The lowest BCUT2D eigenvalue weighted by Crippen LogP contribution is -2.49. The highest BCUT2D eigenvalue weighted by atomic mass is 16.2. The van der Waals surface area contributed by atoms with Gasteiger partial charge in [0.1, 0.15) is 11.6 Å². The average Bonchev–Trinajstić information content (AvgIpc) is 3.39. The highest BCUT2D eigenvalue weighted by Crippen LogP contribution is 2.25. The predicted octanol–water partition coefficient (Wildman–Crippen LogP) is 3.06. The van der Waals surface area contributed by atoms with Crippen LogP contribution >= 0.6 is 0 Å². The molecule has 196 valence electrons. The molecule has 0 bridgehead atoms. The number of aromatic nitrogens is 4. The summed E-state index contributed by atoms with van der Waals surface area (Å²) in [6.45, 7) is 3.24. The van der Waals surface area contributed by atoms with Crippen molar-refractivity contribution in [3.05, 3.63) is 66.7 Å². The Morgan fingerprint density at radius 3 is 2.55 bits per heavy atom. The van der Waals surface area contributed by atoms with Gasteiger partial charge in [-0.1, -0.05) is 12.1 Å². The summed E-state index contributed by atoms with van der Waals surface area (Å²) in [6.07, 6.45) is 9.42. The van der Waals surface area contributed by atoms with Gasteiger partial charge in [0.2, 0.25) is 5.91 Å². The van der Waals surface area contributed by atoms with Gasteiger partial charge in [-0.25, -0.2) is 9.97 Å². The van der Waals surface area contributed by atoms with Gasteiger partial charge in [-0.05, 0) is 54.6 Å². The molecule has 3 aromatic heterocycles. The lowest BCUT2D eigenvalue weighted by molar-refractivity contribution is -0.131. The Bertz CT molecular complexity index is 1440. The molecule has 5 rings (SSSR count). The minimum atomic E-state index is -0.252. The monoisotopic (exact) mass is 512 g/mol. The Balaban J connectivity index is 1.24. The highest BCUT2D eigenvalue weighted by Gasteiger charge is 2.22. The molecule has 10 heteroatoms. The van der Waals surface area contributed by atoms with E-state index in [0.29, 0.717) is 50.5 Å². The molecular weight excluding hydrogens is 480 g/mol. The average molecular weight is 513 g/mol. The molecule has 4 aromatic rings. The van der Waals surface area contributed by atoms with E-state index in [1.807, 2.05) is 42.5 Å². The number of piperazine rings is 1. The van der Waals surface area contributed by atoms with Crippen LogP contribution in [-0.2, 0) is 11.8 Å². The fourth-order valence-corrected chi connectivity index (χ4v) is 4.64. The van der Waals surface area contributed by atoms with Crippen LogP contribution in [0.3, 0.4) is 0 Å². The van der Waals surface area contributed by atoms with Crippen molar-refractivity contribution in [2.75, 3.05) is 42.9 Å². The van der Waals surface area contributed by atoms with Crippen LogP contribution in [0.15, 0.2) is 61.2 Å². The van der Waals surface area contributed by atoms with Gasteiger partial charge in [-0.2, -0.15) is 5.10 Å². The zero-order valence-electron chi connectivity index (χ0n) is 21.5. The first-order valence-corrected chi connectivity index (χ1v) is 12.9. The number of fused-ring (bicyclic) bond motifs is 1. The maximum Gasteiger partial charge on any atom is 0.257 e. The summed E-state index contributed by atoms with van der Waals surface area (Å²) in [5.41, 5.74) is 8.10. The number of hydrogen-bond donors (Lipinski definition) is 2. The third-order valence-electron chi connectivity index (χ3n) is 6.81. The van der Waals surface area contributed by atoms with Gasteiger partial charge in [0.25, 0.3) is 5.91 Å². The number of unbranched alkanes of at least 4 members (excludes halogenated alkanes) is 1. The summed E-state index contributed by atoms with van der Waals surface area (Å²) < 4.78 is 1.77. The minimum absolute atomic E-state index is 0.176. The molecule has 1 aliphatic rings. The van der Waals surface area contributed by atoms with Gasteiger partial charge in [-0.3, -0.25) is 14.3 Å². The van der Waals surface area contributed by atoms with E-state index >= 15 is 0 Å². The molecular formula is C28H32N8O2. The number of carbonyl (C=O) groups excluding carboxylic acids is 2. The molecule has 2 amide bonds. The van der Waals surface area contributed by atoms with Crippen LogP contribution in [0.25, 0.3) is 21.9 Å². The molecule has 4 heterocycles. The van der Waals surface area contributed by atoms with Gasteiger partial charge in [-0.15, -0.1) is 0 Å². The normalized spacial score (nSPS) is 13.6. The van der Waals surface area contributed by atoms with E-state index in [4.69, 9.17) is 5.73 Å². The number of anilines is 2. The number of nitrogens with two attached hydrogens (primary N) is 1. The number of hydrogen-bond acceptors (Lipinski definition) is 7. The van der Waals surface area contributed by atoms with Crippen molar-refractivity contribution < 1.29 is 9.59 Å². The molecule has 1 saturated heterocycles. The second kappa shape index (κ2) is 11.4. The van der Waals surface area contributed by atoms with E-state index in [0.717, 1.165) is 40.6 Å². The Hall–Kier alpha value is -4.31. The van der Waals surface area contributed by atoms with Crippen molar-refractivity contribution in [3.63, 3.8) is 0 Å². The second-order valence-corrected chi connectivity index (χ2v) is 9.50. The Morgan fingerprint density at radius 1 is 0.947 bits per heavy atom. The number of nitrogens with zero attached hydrogens (tertiary/aromatic N) is 6. The van der Waals surface area contributed by atoms with Crippen LogP contribution in [0.1, 0.15) is 29.6 Å². The lowest BCUT2D eigenvalue weighted by atomic mass is 10.1. The van der Waals surface area contributed by atoms with Crippen molar-refractivity contribution >= 4 is 34.2 Å². The third-order valence-corrected chi connectivity index (χ3v) is 6.81. The maximum absolute atomic E-state index is 13.1. The van der Waals surface area contributed by atoms with Crippen molar-refractivity contribution in [1.82, 2.24) is 24.6 Å². The number of nitrogens with one attached hydrogen (secondary N) is 1. The number of pyridine rings is 2. The molecule has 10 nitrogen and oxygen atoms in total. The topological polar surface area (TPSA) is 122 Å². The fourth-order valence-electron chi connectivity index (χ4n) is 4.64. The van der Waals surface area contributed by atoms with Crippen molar-refractivity contribution in [1.29, 1.82) is 0 Å². The number of rotatable bonds is 8. The first-order chi connectivity index (χ1) is 18.5. The highest BCUT2D eigenvalue weighted by molar-refractivity contribution is 6.05. The van der Waals surface area contributed by atoms with Gasteiger partial charge in [0, 0.05) is 74.8 Å². The molecule has 1 aromatic carbocycles. The second-order valence-electron chi connectivity index (χ2n) is 9.50. The zero-order chi connectivity index (χ0) is 26.5. The molecule has 1 aliphatic heterocycles. The van der Waals surface area contributed by atoms with E-state index in [1.165, 1.54) is 0 Å².